The molecule has 0 spiro atoms. The van der Waals surface area contributed by atoms with E-state index in [9.17, 15) is 19.6 Å². The topological polar surface area (TPSA) is 121 Å². The van der Waals surface area contributed by atoms with E-state index in [1.54, 1.807) is 13.8 Å². The zero-order valence-corrected chi connectivity index (χ0v) is 13.9. The Morgan fingerprint density at radius 1 is 1.24 bits per heavy atom. The van der Waals surface area contributed by atoms with Gasteiger partial charge in [0.1, 0.15) is 6.61 Å². The van der Waals surface area contributed by atoms with E-state index in [1.807, 2.05) is 0 Å². The molecule has 2 heterocycles. The molecular formula is C16H19N3O6. The third-order valence-electron chi connectivity index (χ3n) is 3.53. The van der Waals surface area contributed by atoms with Gasteiger partial charge in [-0.25, -0.2) is 14.4 Å². The Bertz CT molecular complexity index is 716. The van der Waals surface area contributed by atoms with Gasteiger partial charge in [0, 0.05) is 12.1 Å². The van der Waals surface area contributed by atoms with E-state index in [1.165, 1.54) is 24.4 Å². The molecule has 1 atom stereocenters. The summed E-state index contributed by atoms with van der Waals surface area (Å²) in [5.74, 6) is -1.47. The summed E-state index contributed by atoms with van der Waals surface area (Å²) in [6.07, 6.45) is 1.62. The molecule has 1 aliphatic rings. The number of esters is 2. The number of rotatable bonds is 6. The molecule has 0 unspecified atom stereocenters. The minimum absolute atomic E-state index is 0.135. The minimum Gasteiger partial charge on any atom is -0.618 e. The zero-order chi connectivity index (χ0) is 18.4. The van der Waals surface area contributed by atoms with Crippen LogP contribution in [0, 0.1) is 5.21 Å². The number of hydrogen-bond acceptors (Lipinski definition) is 6. The number of aromatic nitrogens is 1. The third-order valence-corrected chi connectivity index (χ3v) is 3.53. The Morgan fingerprint density at radius 3 is 2.64 bits per heavy atom. The van der Waals surface area contributed by atoms with Crippen molar-refractivity contribution >= 4 is 18.0 Å². The van der Waals surface area contributed by atoms with Gasteiger partial charge < -0.3 is 25.3 Å². The molecule has 0 radical (unpaired) electrons. The van der Waals surface area contributed by atoms with E-state index >= 15 is 0 Å². The molecule has 2 N–H and O–H groups in total. The lowest BCUT2D eigenvalue weighted by atomic mass is 10.0. The summed E-state index contributed by atoms with van der Waals surface area (Å²) in [7, 11) is 0. The third kappa shape index (κ3) is 4.25. The first-order valence-corrected chi connectivity index (χ1v) is 7.80. The van der Waals surface area contributed by atoms with Crippen molar-refractivity contribution in [3.8, 4) is 0 Å². The van der Waals surface area contributed by atoms with Crippen LogP contribution in [0.5, 0.6) is 0 Å². The molecule has 9 nitrogen and oxygen atoms in total. The summed E-state index contributed by atoms with van der Waals surface area (Å²) < 4.78 is 10.5. The Balaban J connectivity index is 2.22. The van der Waals surface area contributed by atoms with Gasteiger partial charge in [-0.05, 0) is 19.4 Å². The highest BCUT2D eigenvalue weighted by Crippen LogP contribution is 2.17. The maximum absolute atomic E-state index is 12.2. The van der Waals surface area contributed by atoms with E-state index in [0.29, 0.717) is 11.2 Å². The summed E-state index contributed by atoms with van der Waals surface area (Å²) in [5.41, 5.74) is 0.128. The van der Waals surface area contributed by atoms with Crippen LogP contribution < -0.4 is 15.4 Å². The molecular weight excluding hydrogens is 330 g/mol. The molecule has 25 heavy (non-hydrogen) atoms. The molecule has 1 aromatic rings. The van der Waals surface area contributed by atoms with Crippen molar-refractivity contribution in [1.82, 2.24) is 10.6 Å². The summed E-state index contributed by atoms with van der Waals surface area (Å²) in [4.78, 5) is 36.0. The monoisotopic (exact) mass is 349 g/mol. The van der Waals surface area contributed by atoms with Crippen LogP contribution in [-0.2, 0) is 14.3 Å². The number of carbonyl (C=O) groups is 3. The molecule has 0 saturated heterocycles. The summed E-state index contributed by atoms with van der Waals surface area (Å²) in [6, 6.07) is 3.25. The molecule has 0 bridgehead atoms. The average Bonchev–Trinajstić information content (AvgIpc) is 2.59. The molecule has 0 fully saturated rings. The first kappa shape index (κ1) is 18.2. The van der Waals surface area contributed by atoms with Gasteiger partial charge in [0.25, 0.3) is 0 Å². The lowest BCUT2D eigenvalue weighted by Crippen LogP contribution is -2.51. The van der Waals surface area contributed by atoms with Crippen molar-refractivity contribution in [1.29, 1.82) is 0 Å². The van der Waals surface area contributed by atoms with Crippen molar-refractivity contribution in [3.05, 3.63) is 46.6 Å². The number of nitrogens with one attached hydrogen (secondary N) is 2. The van der Waals surface area contributed by atoms with Crippen LogP contribution in [0.15, 0.2) is 35.7 Å². The molecule has 9 heteroatoms. The van der Waals surface area contributed by atoms with Crippen molar-refractivity contribution < 1.29 is 28.6 Å². The Labute approximate surface area is 144 Å². The van der Waals surface area contributed by atoms with Gasteiger partial charge in [-0.2, -0.15) is 4.73 Å². The summed E-state index contributed by atoms with van der Waals surface area (Å²) in [5, 5.41) is 16.6. The highest BCUT2D eigenvalue weighted by molar-refractivity contribution is 5.95. The maximum Gasteiger partial charge on any atom is 0.405 e. The van der Waals surface area contributed by atoms with Gasteiger partial charge in [0.15, 0.2) is 6.20 Å². The fraction of sp³-hybridized carbons (Fsp3) is 0.375. The van der Waals surface area contributed by atoms with Gasteiger partial charge in [0.05, 0.1) is 23.9 Å². The molecule has 1 aromatic heterocycles. The van der Waals surface area contributed by atoms with Crippen LogP contribution in [0.1, 0.15) is 30.8 Å². The summed E-state index contributed by atoms with van der Waals surface area (Å²) in [6.45, 7) is 3.26. The molecule has 134 valence electrons. The smallest absolute Gasteiger partial charge is 0.405 e. The number of carbonyl (C=O) groups excluding carboxylic acids is 3. The average molecular weight is 349 g/mol. The number of hydrogen-bond donors (Lipinski definition) is 2. The van der Waals surface area contributed by atoms with Crippen LogP contribution in [-0.4, -0.2) is 37.2 Å². The highest BCUT2D eigenvalue weighted by Gasteiger charge is 2.32. The Morgan fingerprint density at radius 2 is 2.00 bits per heavy atom. The lowest BCUT2D eigenvalue weighted by Gasteiger charge is -2.28. The van der Waals surface area contributed by atoms with E-state index in [-0.39, 0.29) is 30.2 Å². The van der Waals surface area contributed by atoms with Crippen molar-refractivity contribution in [2.75, 3.05) is 13.2 Å². The second-order valence-corrected chi connectivity index (χ2v) is 5.16. The Kier molecular flexibility index (Phi) is 5.93. The first-order chi connectivity index (χ1) is 12.0. The van der Waals surface area contributed by atoms with E-state index in [4.69, 9.17) is 9.47 Å². The Hall–Kier alpha value is -3.10. The van der Waals surface area contributed by atoms with Crippen LogP contribution >= 0.6 is 0 Å². The highest BCUT2D eigenvalue weighted by atomic mass is 16.5. The quantitative estimate of drug-likeness (QED) is 0.435. The predicted molar refractivity (Wildman–Crippen MR) is 85.1 cm³/mol. The summed E-state index contributed by atoms with van der Waals surface area (Å²) >= 11 is 0. The second-order valence-electron chi connectivity index (χ2n) is 5.16. The SMILES string of the molecule is CCOC(=O)C1=C(COC(=O)c2cccc[n+]2[O-])NC(=O)N[C@H]1CC. The number of ether oxygens (including phenoxy) is 2. The van der Waals surface area contributed by atoms with Crippen molar-refractivity contribution in [3.63, 3.8) is 0 Å². The molecule has 0 aromatic carbocycles. The lowest BCUT2D eigenvalue weighted by molar-refractivity contribution is -0.608. The van der Waals surface area contributed by atoms with Crippen LogP contribution in [0.2, 0.25) is 0 Å². The van der Waals surface area contributed by atoms with Crippen molar-refractivity contribution in [2.24, 2.45) is 0 Å². The molecule has 0 saturated carbocycles. The van der Waals surface area contributed by atoms with Crippen molar-refractivity contribution in [2.45, 2.75) is 26.3 Å². The second kappa shape index (κ2) is 8.13. The molecule has 1 aliphatic heterocycles. The fourth-order valence-corrected chi connectivity index (χ4v) is 2.37. The fourth-order valence-electron chi connectivity index (χ4n) is 2.37. The van der Waals surface area contributed by atoms with E-state index in [0.717, 1.165) is 0 Å². The van der Waals surface area contributed by atoms with Gasteiger partial charge in [0.2, 0.25) is 0 Å². The first-order valence-electron chi connectivity index (χ1n) is 7.80. The van der Waals surface area contributed by atoms with Gasteiger partial charge in [-0.15, -0.1) is 0 Å². The number of urea groups is 1. The maximum atomic E-state index is 12.2. The number of amides is 2. The van der Waals surface area contributed by atoms with E-state index < -0.39 is 24.0 Å². The normalized spacial score (nSPS) is 16.7. The predicted octanol–water partition coefficient (Wildman–Crippen LogP) is 0.385. The zero-order valence-electron chi connectivity index (χ0n) is 13.9. The standard InChI is InChI=1S/C16H19N3O6/c1-3-10-13(15(21)24-4-2)11(18-16(22)17-10)9-25-14(20)12-7-5-6-8-19(12)23/h5-8,10H,3-4,9H2,1-2H3,(H2,17,18,22)/t10-/m0/s1. The van der Waals surface area contributed by atoms with E-state index in [2.05, 4.69) is 10.6 Å². The van der Waals surface area contributed by atoms with Crippen LogP contribution in [0.3, 0.4) is 0 Å². The number of nitrogens with zero attached hydrogens (tertiary/aromatic N) is 1. The van der Waals surface area contributed by atoms with Gasteiger partial charge in [-0.3, -0.25) is 0 Å². The molecule has 2 amide bonds. The molecule has 0 aliphatic carbocycles. The largest absolute Gasteiger partial charge is 0.618 e. The van der Waals surface area contributed by atoms with Crippen LogP contribution in [0.25, 0.3) is 0 Å². The van der Waals surface area contributed by atoms with Gasteiger partial charge >= 0.3 is 23.7 Å². The molecule has 2 rings (SSSR count). The van der Waals surface area contributed by atoms with Crippen LogP contribution in [0.4, 0.5) is 4.79 Å². The van der Waals surface area contributed by atoms with Gasteiger partial charge in [-0.1, -0.05) is 6.92 Å². The minimum atomic E-state index is -0.868. The number of pyridine rings is 1.